The van der Waals surface area contributed by atoms with Gasteiger partial charge in [-0.15, -0.1) is 0 Å². The minimum atomic E-state index is -0.446. The minimum Gasteiger partial charge on any atom is -0.444 e. The molecule has 2 aromatic heterocycles. The second kappa shape index (κ2) is 7.48. The van der Waals surface area contributed by atoms with E-state index >= 15 is 0 Å². The van der Waals surface area contributed by atoms with Crippen LogP contribution in [-0.2, 0) is 4.79 Å². The van der Waals surface area contributed by atoms with Crippen molar-refractivity contribution in [3.8, 4) is 0 Å². The molecule has 1 aliphatic rings. The average molecular weight is 393 g/mol. The van der Waals surface area contributed by atoms with Gasteiger partial charge in [0.2, 0.25) is 5.91 Å². The van der Waals surface area contributed by atoms with Gasteiger partial charge in [-0.1, -0.05) is 0 Å². The molecule has 2 aromatic rings. The van der Waals surface area contributed by atoms with Crippen LogP contribution in [0.5, 0.6) is 0 Å². The van der Waals surface area contributed by atoms with Crippen LogP contribution in [0.4, 0.5) is 11.5 Å². The molecule has 3 heterocycles. The zero-order valence-corrected chi connectivity index (χ0v) is 14.5. The summed E-state index contributed by atoms with van der Waals surface area (Å²) >= 11 is 3.12. The second-order valence-electron chi connectivity index (χ2n) is 5.43. The molecule has 2 amide bonds. The summed E-state index contributed by atoms with van der Waals surface area (Å²) in [6.45, 7) is 1.90. The summed E-state index contributed by atoms with van der Waals surface area (Å²) in [7, 11) is 0. The Morgan fingerprint density at radius 1 is 1.21 bits per heavy atom. The maximum atomic E-state index is 11.9. The molecule has 0 spiro atoms. The van der Waals surface area contributed by atoms with Crippen LogP contribution in [0.2, 0.25) is 0 Å². The molecule has 0 saturated carbocycles. The van der Waals surface area contributed by atoms with Gasteiger partial charge in [-0.2, -0.15) is 0 Å². The zero-order chi connectivity index (χ0) is 16.9. The molecule has 24 heavy (non-hydrogen) atoms. The van der Waals surface area contributed by atoms with Crippen molar-refractivity contribution in [2.45, 2.75) is 12.8 Å². The quantitative estimate of drug-likeness (QED) is 0.815. The lowest BCUT2D eigenvalue weighted by molar-refractivity contribution is -0.115. The van der Waals surface area contributed by atoms with Gasteiger partial charge < -0.3 is 20.0 Å². The summed E-state index contributed by atoms with van der Waals surface area (Å²) in [5, 5.41) is 5.19. The predicted molar refractivity (Wildman–Crippen MR) is 93.1 cm³/mol. The third-order valence-corrected chi connectivity index (χ3v) is 4.09. The third-order valence-electron chi connectivity index (χ3n) is 3.67. The SMILES string of the molecule is O=C(CNC(=O)c1ccc(Br)o1)Nc1ccc(N2CCCC2)nc1. The summed E-state index contributed by atoms with van der Waals surface area (Å²) in [4.78, 5) is 30.3. The van der Waals surface area contributed by atoms with Crippen molar-refractivity contribution in [3.63, 3.8) is 0 Å². The van der Waals surface area contributed by atoms with E-state index in [-0.39, 0.29) is 18.2 Å². The number of amides is 2. The Hall–Kier alpha value is -2.35. The Bertz CT molecular complexity index is 723. The fourth-order valence-corrected chi connectivity index (χ4v) is 2.79. The normalized spacial score (nSPS) is 13.8. The first kappa shape index (κ1) is 16.5. The number of nitrogens with zero attached hydrogens (tertiary/aromatic N) is 2. The highest BCUT2D eigenvalue weighted by Crippen LogP contribution is 2.19. The van der Waals surface area contributed by atoms with Crippen LogP contribution in [0.25, 0.3) is 0 Å². The fourth-order valence-electron chi connectivity index (χ4n) is 2.48. The molecule has 0 bridgehead atoms. The molecule has 0 atom stereocenters. The minimum absolute atomic E-state index is 0.145. The van der Waals surface area contributed by atoms with E-state index in [2.05, 4.69) is 36.4 Å². The lowest BCUT2D eigenvalue weighted by Crippen LogP contribution is -2.32. The molecule has 1 fully saturated rings. The van der Waals surface area contributed by atoms with E-state index in [1.807, 2.05) is 12.1 Å². The largest absolute Gasteiger partial charge is 0.444 e. The maximum Gasteiger partial charge on any atom is 0.287 e. The standard InChI is InChI=1S/C16H17BrN4O3/c17-13-5-4-12(24-13)16(23)19-10-15(22)20-11-3-6-14(18-9-11)21-7-1-2-8-21/h3-6,9H,1-2,7-8,10H2,(H,19,23)(H,20,22). The molecule has 2 N–H and O–H groups in total. The number of pyridine rings is 1. The van der Waals surface area contributed by atoms with Gasteiger partial charge in [-0.25, -0.2) is 4.98 Å². The molecule has 8 heteroatoms. The fraction of sp³-hybridized carbons (Fsp3) is 0.312. The molecule has 0 aromatic carbocycles. The first-order valence-corrected chi connectivity index (χ1v) is 8.45. The van der Waals surface area contributed by atoms with Gasteiger partial charge in [0.05, 0.1) is 18.4 Å². The van der Waals surface area contributed by atoms with E-state index in [4.69, 9.17) is 4.42 Å². The molecule has 0 aliphatic carbocycles. The van der Waals surface area contributed by atoms with Crippen molar-refractivity contribution < 1.29 is 14.0 Å². The smallest absolute Gasteiger partial charge is 0.287 e. The maximum absolute atomic E-state index is 11.9. The number of halogens is 1. The van der Waals surface area contributed by atoms with Crippen LogP contribution in [-0.4, -0.2) is 36.4 Å². The molecular formula is C16H17BrN4O3. The summed E-state index contributed by atoms with van der Waals surface area (Å²) in [6, 6.07) is 6.84. The van der Waals surface area contributed by atoms with Gasteiger partial charge in [0.25, 0.3) is 5.91 Å². The van der Waals surface area contributed by atoms with Gasteiger partial charge in [-0.3, -0.25) is 9.59 Å². The van der Waals surface area contributed by atoms with Crippen LogP contribution < -0.4 is 15.5 Å². The van der Waals surface area contributed by atoms with Crippen LogP contribution in [0.3, 0.4) is 0 Å². The van der Waals surface area contributed by atoms with Crippen molar-refractivity contribution in [1.29, 1.82) is 0 Å². The van der Waals surface area contributed by atoms with Crippen LogP contribution >= 0.6 is 15.9 Å². The monoisotopic (exact) mass is 392 g/mol. The predicted octanol–water partition coefficient (Wildman–Crippen LogP) is 2.41. The zero-order valence-electron chi connectivity index (χ0n) is 12.9. The van der Waals surface area contributed by atoms with E-state index in [1.165, 1.54) is 18.9 Å². The van der Waals surface area contributed by atoms with Crippen molar-refractivity contribution in [2.24, 2.45) is 0 Å². The van der Waals surface area contributed by atoms with E-state index < -0.39 is 5.91 Å². The highest BCUT2D eigenvalue weighted by molar-refractivity contribution is 9.10. The molecule has 0 radical (unpaired) electrons. The van der Waals surface area contributed by atoms with Gasteiger partial charge in [0.1, 0.15) is 5.82 Å². The number of carbonyl (C=O) groups is 2. The number of carbonyl (C=O) groups excluding carboxylic acids is 2. The molecule has 1 aliphatic heterocycles. The van der Waals surface area contributed by atoms with E-state index in [1.54, 1.807) is 12.3 Å². The number of furan rings is 1. The second-order valence-corrected chi connectivity index (χ2v) is 6.22. The number of hydrogen-bond acceptors (Lipinski definition) is 5. The van der Waals surface area contributed by atoms with Gasteiger partial charge >= 0.3 is 0 Å². The summed E-state index contributed by atoms with van der Waals surface area (Å²) in [5.74, 6) is 0.288. The number of hydrogen-bond donors (Lipinski definition) is 2. The summed E-state index contributed by atoms with van der Waals surface area (Å²) < 4.78 is 5.58. The van der Waals surface area contributed by atoms with Gasteiger partial charge in [0, 0.05) is 13.1 Å². The average Bonchev–Trinajstić information content (AvgIpc) is 3.25. The summed E-state index contributed by atoms with van der Waals surface area (Å²) in [6.07, 6.45) is 4.00. The third kappa shape index (κ3) is 4.14. The van der Waals surface area contributed by atoms with Crippen molar-refractivity contribution in [3.05, 3.63) is 40.9 Å². The molecule has 3 rings (SSSR count). The molecule has 126 valence electrons. The first-order valence-electron chi connectivity index (χ1n) is 7.66. The van der Waals surface area contributed by atoms with Crippen LogP contribution in [0.15, 0.2) is 39.5 Å². The van der Waals surface area contributed by atoms with E-state index in [0.717, 1.165) is 18.9 Å². The van der Waals surface area contributed by atoms with Crippen molar-refractivity contribution in [2.75, 3.05) is 29.9 Å². The Labute approximate surface area is 147 Å². The molecular weight excluding hydrogens is 376 g/mol. The number of anilines is 2. The summed E-state index contributed by atoms with van der Waals surface area (Å²) in [5.41, 5.74) is 0.595. The number of nitrogens with one attached hydrogen (secondary N) is 2. The van der Waals surface area contributed by atoms with Gasteiger partial charge in [-0.05, 0) is 53.0 Å². The topological polar surface area (TPSA) is 87.5 Å². The lowest BCUT2D eigenvalue weighted by Gasteiger charge is -2.16. The Morgan fingerprint density at radius 3 is 2.62 bits per heavy atom. The van der Waals surface area contributed by atoms with Crippen LogP contribution in [0, 0.1) is 0 Å². The van der Waals surface area contributed by atoms with Crippen molar-refractivity contribution >= 4 is 39.2 Å². The molecule has 0 unspecified atom stereocenters. The van der Waals surface area contributed by atoms with E-state index in [0.29, 0.717) is 10.4 Å². The molecule has 1 saturated heterocycles. The van der Waals surface area contributed by atoms with Crippen molar-refractivity contribution in [1.82, 2.24) is 10.3 Å². The Morgan fingerprint density at radius 2 is 2.00 bits per heavy atom. The van der Waals surface area contributed by atoms with Gasteiger partial charge in [0.15, 0.2) is 10.4 Å². The molecule has 7 nitrogen and oxygen atoms in total. The Kier molecular flexibility index (Phi) is 5.14. The van der Waals surface area contributed by atoms with Crippen LogP contribution in [0.1, 0.15) is 23.4 Å². The lowest BCUT2D eigenvalue weighted by atomic mass is 10.3. The Balaban J connectivity index is 1.48. The first-order chi connectivity index (χ1) is 11.6. The number of rotatable bonds is 5. The highest BCUT2D eigenvalue weighted by Gasteiger charge is 2.14. The highest BCUT2D eigenvalue weighted by atomic mass is 79.9. The van der Waals surface area contributed by atoms with E-state index in [9.17, 15) is 9.59 Å². The number of aromatic nitrogens is 1.